The lowest BCUT2D eigenvalue weighted by molar-refractivity contribution is -0.331. The number of rotatable bonds is 20. The van der Waals surface area contributed by atoms with Crippen LogP contribution in [-0.4, -0.2) is 120 Å². The fourth-order valence-corrected chi connectivity index (χ4v) is 10.1. The van der Waals surface area contributed by atoms with Crippen molar-refractivity contribution in [2.45, 2.75) is 125 Å². The fraction of sp³-hybridized carbons (Fsp3) is 0.338. The van der Waals surface area contributed by atoms with Gasteiger partial charge in [0.15, 0.2) is 23.7 Å². The summed E-state index contributed by atoms with van der Waals surface area (Å²) in [5.41, 5.74) is 4.81. The molecule has 0 spiro atoms. The normalized spacial score (nSPS) is 24.0. The van der Waals surface area contributed by atoms with Gasteiger partial charge in [-0.1, -0.05) is 219 Å². The van der Waals surface area contributed by atoms with Crippen molar-refractivity contribution in [2.75, 3.05) is 27.4 Å². The largest absolute Gasteiger partial charge is 0.453 e. The zero-order valence-corrected chi connectivity index (χ0v) is 50.1. The Labute approximate surface area is 520 Å². The number of nitriles is 2. The first kappa shape index (κ1) is 66.3. The van der Waals surface area contributed by atoms with Crippen LogP contribution in [0, 0.1) is 22.7 Å². The minimum absolute atomic E-state index is 0.105. The molecular weight excluding hydrogens is 1130 g/mol. The number of hydrogen-bond acceptors (Lipinski definition) is 16. The molecule has 4 aliphatic rings. The minimum Gasteiger partial charge on any atom is -0.453 e. The summed E-state index contributed by atoms with van der Waals surface area (Å²) < 4.78 is 50.1. The van der Waals surface area contributed by atoms with Crippen LogP contribution in [0.1, 0.15) is 77.7 Å². The Kier molecular flexibility index (Phi) is 25.1. The molecule has 18 heteroatoms. The molecule has 0 radical (unpaired) electrons. The van der Waals surface area contributed by atoms with E-state index in [0.717, 1.165) is 51.7 Å². The van der Waals surface area contributed by atoms with Crippen LogP contribution in [0.25, 0.3) is 0 Å². The van der Waals surface area contributed by atoms with E-state index in [4.69, 9.17) is 42.6 Å². The first-order valence-corrected chi connectivity index (χ1v) is 29.5. The smallest absolute Gasteiger partial charge is 0.411 e. The second-order valence-corrected chi connectivity index (χ2v) is 21.5. The number of hydrogen-bond donors (Lipinski definition) is 2. The number of nitrogens with zero attached hydrogens (tertiary/aromatic N) is 4. The number of benzene rings is 7. The Morgan fingerprint density at radius 2 is 0.843 bits per heavy atom. The summed E-state index contributed by atoms with van der Waals surface area (Å²) in [7, 11) is 2.65. The molecule has 4 fully saturated rings. The molecular formula is C71H76N4O14. The monoisotopic (exact) mass is 1210 g/mol. The number of amides is 2. The number of carbonyl (C=O) groups excluding carboxylic acids is 3. The molecule has 0 bridgehead atoms. The maximum absolute atomic E-state index is 12.3. The second kappa shape index (κ2) is 33.6. The van der Waals surface area contributed by atoms with Gasteiger partial charge in [0.25, 0.3) is 0 Å². The van der Waals surface area contributed by atoms with E-state index in [1.165, 1.54) is 24.0 Å². The first-order valence-electron chi connectivity index (χ1n) is 29.5. The zero-order valence-electron chi connectivity index (χ0n) is 50.1. The topological polar surface area (TPSA) is 229 Å². The van der Waals surface area contributed by atoms with Crippen LogP contribution >= 0.6 is 0 Å². The first-order chi connectivity index (χ1) is 43.5. The highest BCUT2D eigenvalue weighted by molar-refractivity contribution is 5.71. The van der Waals surface area contributed by atoms with Gasteiger partial charge in [0, 0.05) is 24.0 Å². The van der Waals surface area contributed by atoms with E-state index in [9.17, 15) is 35.1 Å². The molecule has 464 valence electrons. The third-order valence-electron chi connectivity index (χ3n) is 15.3. The van der Waals surface area contributed by atoms with Crippen molar-refractivity contribution in [1.29, 1.82) is 10.5 Å². The van der Waals surface area contributed by atoms with E-state index >= 15 is 0 Å². The lowest BCUT2D eigenvalue weighted by Gasteiger charge is -2.43. The van der Waals surface area contributed by atoms with E-state index in [2.05, 4.69) is 12.1 Å². The van der Waals surface area contributed by atoms with Crippen molar-refractivity contribution in [3.05, 3.63) is 251 Å². The number of carbonyl (C=O) groups is 3. The summed E-state index contributed by atoms with van der Waals surface area (Å²) in [6.45, 7) is 4.10. The van der Waals surface area contributed by atoms with Gasteiger partial charge in [0.05, 0.1) is 84.7 Å². The van der Waals surface area contributed by atoms with Crippen molar-refractivity contribution in [3.63, 3.8) is 0 Å². The van der Waals surface area contributed by atoms with E-state index in [0.29, 0.717) is 45.8 Å². The Hall–Kier alpha value is -8.63. The molecule has 11 atom stereocenters. The highest BCUT2D eigenvalue weighted by Crippen LogP contribution is 2.47. The van der Waals surface area contributed by atoms with Gasteiger partial charge in [0.1, 0.15) is 36.8 Å². The quantitative estimate of drug-likeness (QED) is 0.0676. The van der Waals surface area contributed by atoms with Gasteiger partial charge in [-0.05, 0) is 34.2 Å². The molecule has 7 aromatic carbocycles. The van der Waals surface area contributed by atoms with Gasteiger partial charge in [-0.3, -0.25) is 9.80 Å². The van der Waals surface area contributed by atoms with Crippen molar-refractivity contribution in [1.82, 2.24) is 9.80 Å². The number of methoxy groups -OCH3 is 2. The van der Waals surface area contributed by atoms with E-state index in [-0.39, 0.29) is 31.5 Å². The van der Waals surface area contributed by atoms with Crippen molar-refractivity contribution in [2.24, 2.45) is 0 Å². The van der Waals surface area contributed by atoms with Gasteiger partial charge in [-0.2, -0.15) is 10.5 Å². The molecule has 89 heavy (non-hydrogen) atoms. The Morgan fingerprint density at radius 1 is 0.528 bits per heavy atom. The van der Waals surface area contributed by atoms with Crippen molar-refractivity contribution >= 4 is 18.5 Å². The third-order valence-corrected chi connectivity index (χ3v) is 15.3. The van der Waals surface area contributed by atoms with Crippen LogP contribution in [0.5, 0.6) is 0 Å². The maximum Gasteiger partial charge on any atom is 0.411 e. The SMILES string of the molecule is CCC(C=O)OCc1ccccc1.COC(=O)N(Cc1ccccc1)[C@@]1(C#N)C[C@H]1OCc1ccccc1.COC(=O)N(Cc1ccccc1)[C@]1(C#N)C[C@H]1OCc1ccccc1.O[C@@H]1COC(c2ccccc2)O[C@H]1[C@@H]1OC(c2ccccc2)OC[C@H]1O. The van der Waals surface area contributed by atoms with Gasteiger partial charge in [-0.15, -0.1) is 0 Å². The van der Waals surface area contributed by atoms with Crippen LogP contribution in [0.3, 0.4) is 0 Å². The molecule has 3 unspecified atom stereocenters. The van der Waals surface area contributed by atoms with Crippen LogP contribution in [0.2, 0.25) is 0 Å². The van der Waals surface area contributed by atoms with Crippen LogP contribution in [-0.2, 0) is 80.3 Å². The standard InChI is InChI=1S/2C20H20N2O3.C20H22O6.C11H14O2/c2*1-24-19(23)22(13-16-8-4-2-5-9-16)20(15-21)12-18(20)25-14-17-10-6-3-7-11-17;21-15-11-23-19(13-7-3-1-4-8-13)25-17(15)18-16(22)12-24-20(26-18)14-9-5-2-6-10-14;1-2-11(8-12)13-9-10-6-4-3-5-7-10/h2*2-11,18H,12-14H2,1H3;1-10,15-22H,11-12H2;3-8,11H,2,9H2,1H3/t18-,20+;18-,20-;15-,16-,17-,18-,19?,20?;/m111./s1. The van der Waals surface area contributed by atoms with Crippen LogP contribution in [0.15, 0.2) is 212 Å². The molecule has 2 saturated carbocycles. The van der Waals surface area contributed by atoms with Crippen LogP contribution < -0.4 is 0 Å². The lowest BCUT2D eigenvalue weighted by Crippen LogP contribution is -2.55. The lowest BCUT2D eigenvalue weighted by atomic mass is 10.0. The Morgan fingerprint density at radius 3 is 1.15 bits per heavy atom. The average Bonchev–Trinajstić information content (AvgIpc) is 1.67. The molecule has 2 heterocycles. The van der Waals surface area contributed by atoms with E-state index in [1.54, 1.807) is 0 Å². The molecule has 7 aromatic rings. The number of aldehydes is 1. The summed E-state index contributed by atoms with van der Waals surface area (Å²) in [6.07, 6.45) is -3.85. The highest BCUT2D eigenvalue weighted by Gasteiger charge is 2.64. The van der Waals surface area contributed by atoms with E-state index in [1.807, 2.05) is 219 Å². The molecule has 2 N–H and O–H groups in total. The number of aliphatic hydroxyl groups is 2. The van der Waals surface area contributed by atoms with Gasteiger partial charge < -0.3 is 57.6 Å². The third kappa shape index (κ3) is 18.5. The molecule has 11 rings (SSSR count). The molecule has 2 amide bonds. The maximum atomic E-state index is 12.3. The summed E-state index contributed by atoms with van der Waals surface area (Å²) in [6, 6.07) is 72.0. The molecule has 2 saturated heterocycles. The highest BCUT2D eigenvalue weighted by atomic mass is 16.7. The predicted octanol–water partition coefficient (Wildman–Crippen LogP) is 11.1. The minimum atomic E-state index is -0.974. The van der Waals surface area contributed by atoms with Gasteiger partial charge >= 0.3 is 12.2 Å². The summed E-state index contributed by atoms with van der Waals surface area (Å²) in [5.74, 6) is 0. The van der Waals surface area contributed by atoms with Gasteiger partial charge in [0.2, 0.25) is 0 Å². The number of aliphatic hydroxyl groups excluding tert-OH is 2. The fourth-order valence-electron chi connectivity index (χ4n) is 10.1. The molecule has 2 aliphatic carbocycles. The summed E-state index contributed by atoms with van der Waals surface area (Å²) >= 11 is 0. The molecule has 2 aliphatic heterocycles. The molecule has 0 aromatic heterocycles. The second-order valence-electron chi connectivity index (χ2n) is 21.5. The number of ether oxygens (including phenoxy) is 9. The predicted molar refractivity (Wildman–Crippen MR) is 328 cm³/mol. The van der Waals surface area contributed by atoms with Crippen molar-refractivity contribution < 1.29 is 67.2 Å². The summed E-state index contributed by atoms with van der Waals surface area (Å²) in [4.78, 5) is 37.9. The zero-order chi connectivity index (χ0) is 62.9. The van der Waals surface area contributed by atoms with Crippen LogP contribution in [0.4, 0.5) is 9.59 Å². The summed E-state index contributed by atoms with van der Waals surface area (Å²) in [5, 5.41) is 40.2. The van der Waals surface area contributed by atoms with E-state index < -0.39 is 60.3 Å². The Balaban J connectivity index is 0.000000157. The van der Waals surface area contributed by atoms with Crippen molar-refractivity contribution in [3.8, 4) is 12.1 Å². The molecule has 18 nitrogen and oxygen atoms in total. The Bertz CT molecular complexity index is 3120. The van der Waals surface area contributed by atoms with Gasteiger partial charge in [-0.25, -0.2) is 9.59 Å². The average molecular weight is 1210 g/mol.